The quantitative estimate of drug-likeness (QED) is 0.436. The third-order valence-corrected chi connectivity index (χ3v) is 5.30. The molecule has 1 aliphatic rings. The Morgan fingerprint density at radius 1 is 0.844 bits per heavy atom. The van der Waals surface area contributed by atoms with E-state index in [0.29, 0.717) is 5.82 Å². The van der Waals surface area contributed by atoms with Crippen molar-refractivity contribution >= 4 is 23.3 Å². The number of ether oxygens (including phenoxy) is 1. The molecule has 0 atom stereocenters. The first-order valence-corrected chi connectivity index (χ1v) is 10.7. The highest BCUT2D eigenvalue weighted by Gasteiger charge is 2.14. The van der Waals surface area contributed by atoms with Crippen LogP contribution in [0.5, 0.6) is 11.5 Å². The number of nitrogens with two attached hydrogens (primary N) is 1. The number of rotatable bonds is 6. The van der Waals surface area contributed by atoms with Crippen molar-refractivity contribution in [1.29, 1.82) is 0 Å². The second-order valence-corrected chi connectivity index (χ2v) is 7.66. The van der Waals surface area contributed by atoms with Gasteiger partial charge >= 0.3 is 0 Å². The zero-order valence-electron chi connectivity index (χ0n) is 17.6. The van der Waals surface area contributed by atoms with Gasteiger partial charge in [-0.1, -0.05) is 36.4 Å². The Morgan fingerprint density at radius 2 is 1.66 bits per heavy atom. The summed E-state index contributed by atoms with van der Waals surface area (Å²) in [6, 6.07) is 23.4. The largest absolute Gasteiger partial charge is 0.457 e. The Balaban J connectivity index is 1.34. The van der Waals surface area contributed by atoms with Crippen molar-refractivity contribution in [2.45, 2.75) is 12.8 Å². The average molecular weight is 425 g/mol. The van der Waals surface area contributed by atoms with Crippen LogP contribution in [0.15, 0.2) is 79.0 Å². The Labute approximate surface area is 186 Å². The monoisotopic (exact) mass is 424 g/mol. The van der Waals surface area contributed by atoms with Crippen molar-refractivity contribution < 1.29 is 4.74 Å². The van der Waals surface area contributed by atoms with Crippen molar-refractivity contribution in [3.8, 4) is 22.8 Å². The highest BCUT2D eigenvalue weighted by atomic mass is 16.5. The number of hydrogen-bond donors (Lipinski definition) is 2. The van der Waals surface area contributed by atoms with Crippen LogP contribution in [0.1, 0.15) is 12.8 Å². The van der Waals surface area contributed by atoms with Crippen molar-refractivity contribution in [2.75, 3.05) is 29.0 Å². The minimum Gasteiger partial charge on any atom is -0.457 e. The summed E-state index contributed by atoms with van der Waals surface area (Å²) in [7, 11) is 0. The van der Waals surface area contributed by atoms with Gasteiger partial charge < -0.3 is 20.7 Å². The SMILES string of the molecule is Nc1nc(Nc2cccc(Oc3ccnc(N4CCCC4)c3)c2)cc(-c2ccccc2)n1. The molecule has 0 aliphatic carbocycles. The van der Waals surface area contributed by atoms with E-state index in [1.54, 1.807) is 6.20 Å². The maximum absolute atomic E-state index is 6.11. The molecule has 2 aromatic heterocycles. The fraction of sp³-hybridized carbons (Fsp3) is 0.160. The van der Waals surface area contributed by atoms with Crippen LogP contribution in [0.4, 0.5) is 23.3 Å². The van der Waals surface area contributed by atoms with Gasteiger partial charge in [0.25, 0.3) is 0 Å². The fourth-order valence-electron chi connectivity index (χ4n) is 3.79. The molecule has 1 aliphatic heterocycles. The van der Waals surface area contributed by atoms with Crippen LogP contribution in [-0.2, 0) is 0 Å². The highest BCUT2D eigenvalue weighted by molar-refractivity contribution is 5.67. The minimum atomic E-state index is 0.215. The molecule has 0 radical (unpaired) electrons. The van der Waals surface area contributed by atoms with Gasteiger partial charge in [0, 0.05) is 48.7 Å². The van der Waals surface area contributed by atoms with Gasteiger partial charge in [-0.05, 0) is 31.0 Å². The van der Waals surface area contributed by atoms with Crippen LogP contribution in [0.25, 0.3) is 11.3 Å². The van der Waals surface area contributed by atoms with Crippen LogP contribution in [0.3, 0.4) is 0 Å². The molecule has 160 valence electrons. The molecular weight excluding hydrogens is 400 g/mol. The summed E-state index contributed by atoms with van der Waals surface area (Å²) in [5, 5.41) is 3.31. The molecule has 0 amide bonds. The van der Waals surface area contributed by atoms with Gasteiger partial charge in [0.2, 0.25) is 5.95 Å². The van der Waals surface area contributed by atoms with Gasteiger partial charge in [-0.25, -0.2) is 9.97 Å². The Kier molecular flexibility index (Phi) is 5.53. The second-order valence-electron chi connectivity index (χ2n) is 7.66. The van der Waals surface area contributed by atoms with E-state index >= 15 is 0 Å². The summed E-state index contributed by atoms with van der Waals surface area (Å²) in [4.78, 5) is 15.4. The number of nitrogens with zero attached hydrogens (tertiary/aromatic N) is 4. The number of hydrogen-bond acceptors (Lipinski definition) is 7. The van der Waals surface area contributed by atoms with Crippen LogP contribution >= 0.6 is 0 Å². The molecule has 0 spiro atoms. The molecule has 0 bridgehead atoms. The molecular formula is C25H24N6O. The number of aromatic nitrogens is 3. The molecule has 2 aromatic carbocycles. The number of nitrogens with one attached hydrogen (secondary N) is 1. The van der Waals surface area contributed by atoms with E-state index in [0.717, 1.165) is 47.4 Å². The molecule has 1 saturated heterocycles. The third-order valence-electron chi connectivity index (χ3n) is 5.30. The zero-order chi connectivity index (χ0) is 21.8. The number of pyridine rings is 1. The molecule has 7 heteroatoms. The second kappa shape index (κ2) is 8.93. The summed E-state index contributed by atoms with van der Waals surface area (Å²) in [6.45, 7) is 2.09. The van der Waals surface area contributed by atoms with Gasteiger partial charge in [-0.3, -0.25) is 0 Å². The number of anilines is 4. The first-order valence-electron chi connectivity index (χ1n) is 10.7. The first-order chi connectivity index (χ1) is 15.7. The Bertz CT molecular complexity index is 1210. The topological polar surface area (TPSA) is 89.2 Å². The van der Waals surface area contributed by atoms with E-state index in [-0.39, 0.29) is 5.95 Å². The normalized spacial score (nSPS) is 13.2. The van der Waals surface area contributed by atoms with Crippen molar-refractivity contribution in [3.05, 3.63) is 79.0 Å². The average Bonchev–Trinajstić information content (AvgIpc) is 3.35. The molecule has 0 saturated carbocycles. The lowest BCUT2D eigenvalue weighted by Crippen LogP contribution is -2.18. The van der Waals surface area contributed by atoms with E-state index in [1.807, 2.05) is 72.8 Å². The van der Waals surface area contributed by atoms with Crippen molar-refractivity contribution in [3.63, 3.8) is 0 Å². The molecule has 5 rings (SSSR count). The minimum absolute atomic E-state index is 0.215. The molecule has 1 fully saturated rings. The molecule has 32 heavy (non-hydrogen) atoms. The standard InChI is InChI=1S/C25H24N6O/c26-25-29-22(18-7-2-1-3-8-18)17-23(30-25)28-19-9-6-10-20(15-19)32-21-11-12-27-24(16-21)31-13-4-5-14-31/h1-3,6-12,15-17H,4-5,13-14H2,(H3,26,28,29,30). The Hall–Kier alpha value is -4.13. The van der Waals surface area contributed by atoms with E-state index in [9.17, 15) is 0 Å². The summed E-state index contributed by atoms with van der Waals surface area (Å²) >= 11 is 0. The van der Waals surface area contributed by atoms with Crippen molar-refractivity contribution in [1.82, 2.24) is 15.0 Å². The van der Waals surface area contributed by atoms with Gasteiger partial charge in [0.15, 0.2) is 0 Å². The van der Waals surface area contributed by atoms with E-state index < -0.39 is 0 Å². The third kappa shape index (κ3) is 4.62. The first kappa shape index (κ1) is 19.8. The van der Waals surface area contributed by atoms with Gasteiger partial charge in [0.05, 0.1) is 5.69 Å². The maximum Gasteiger partial charge on any atom is 0.222 e. The van der Waals surface area contributed by atoms with Crippen LogP contribution in [0, 0.1) is 0 Å². The van der Waals surface area contributed by atoms with Crippen LogP contribution < -0.4 is 20.7 Å². The van der Waals surface area contributed by atoms with Gasteiger partial charge in [0.1, 0.15) is 23.1 Å². The fourth-order valence-corrected chi connectivity index (χ4v) is 3.79. The Morgan fingerprint density at radius 3 is 2.50 bits per heavy atom. The molecule has 0 unspecified atom stereocenters. The van der Waals surface area contributed by atoms with Gasteiger partial charge in [-0.15, -0.1) is 0 Å². The lowest BCUT2D eigenvalue weighted by molar-refractivity contribution is 0.482. The lowest BCUT2D eigenvalue weighted by atomic mass is 10.1. The van der Waals surface area contributed by atoms with E-state index in [2.05, 4.69) is 25.2 Å². The summed E-state index contributed by atoms with van der Waals surface area (Å²) in [5.41, 5.74) is 8.54. The summed E-state index contributed by atoms with van der Waals surface area (Å²) in [6.07, 6.45) is 4.21. The summed E-state index contributed by atoms with van der Waals surface area (Å²) in [5.74, 6) is 3.27. The number of nitrogen functional groups attached to an aromatic ring is 1. The van der Waals surface area contributed by atoms with E-state index in [4.69, 9.17) is 10.5 Å². The lowest BCUT2D eigenvalue weighted by Gasteiger charge is -2.17. The summed E-state index contributed by atoms with van der Waals surface area (Å²) < 4.78 is 6.11. The number of benzene rings is 2. The van der Waals surface area contributed by atoms with Crippen molar-refractivity contribution in [2.24, 2.45) is 0 Å². The predicted molar refractivity (Wildman–Crippen MR) is 127 cm³/mol. The van der Waals surface area contributed by atoms with E-state index in [1.165, 1.54) is 12.8 Å². The zero-order valence-corrected chi connectivity index (χ0v) is 17.6. The smallest absolute Gasteiger partial charge is 0.222 e. The molecule has 7 nitrogen and oxygen atoms in total. The van der Waals surface area contributed by atoms with Crippen LogP contribution in [0.2, 0.25) is 0 Å². The maximum atomic E-state index is 6.11. The highest BCUT2D eigenvalue weighted by Crippen LogP contribution is 2.29. The molecule has 3 heterocycles. The molecule has 3 N–H and O–H groups in total. The van der Waals surface area contributed by atoms with Gasteiger partial charge in [-0.2, -0.15) is 4.98 Å². The van der Waals surface area contributed by atoms with Crippen LogP contribution in [-0.4, -0.2) is 28.0 Å². The molecule has 4 aromatic rings. The predicted octanol–water partition coefficient (Wildman–Crippen LogP) is 5.26.